The van der Waals surface area contributed by atoms with Gasteiger partial charge >= 0.3 is 5.97 Å². The third-order valence-electron chi connectivity index (χ3n) is 1.87. The topological polar surface area (TPSA) is 37.3 Å². The number of carboxylic acids is 1. The fourth-order valence-corrected chi connectivity index (χ4v) is 1.21. The minimum absolute atomic E-state index is 0.0694. The van der Waals surface area contributed by atoms with Crippen LogP contribution in [-0.4, -0.2) is 11.1 Å². The molecule has 0 atom stereocenters. The first kappa shape index (κ1) is 11.2. The molecule has 0 spiro atoms. The Balaban J connectivity index is 2.61. The predicted octanol–water partition coefficient (Wildman–Crippen LogP) is 3.12. The van der Waals surface area contributed by atoms with Crippen LogP contribution in [0.15, 0.2) is 48.1 Å². The maximum atomic E-state index is 10.3. The molecule has 1 rings (SSSR count). The van der Waals surface area contributed by atoms with Crippen LogP contribution in [0.3, 0.4) is 0 Å². The lowest BCUT2D eigenvalue weighted by Crippen LogP contribution is -1.89. The quantitative estimate of drug-likeness (QED) is 0.761. The zero-order valence-corrected chi connectivity index (χ0v) is 8.68. The molecule has 0 saturated heterocycles. The first-order valence-electron chi connectivity index (χ1n) is 4.80. The Hall–Kier alpha value is -1.83. The molecule has 0 aromatic heterocycles. The standard InChI is InChI=1S/C13H14O2/c1-11(6-5-9-13(14)15)10-12-7-3-2-4-8-12/h2-8,10H,9H2,1H3,(H,14,15)/b6-5+,11-10+. The van der Waals surface area contributed by atoms with Crippen LogP contribution in [0.1, 0.15) is 18.9 Å². The van der Waals surface area contributed by atoms with Gasteiger partial charge in [0.2, 0.25) is 0 Å². The third-order valence-corrected chi connectivity index (χ3v) is 1.87. The van der Waals surface area contributed by atoms with Gasteiger partial charge in [-0.05, 0) is 12.5 Å². The smallest absolute Gasteiger partial charge is 0.307 e. The van der Waals surface area contributed by atoms with Gasteiger partial charge < -0.3 is 5.11 Å². The summed E-state index contributed by atoms with van der Waals surface area (Å²) in [6.45, 7) is 1.95. The largest absolute Gasteiger partial charge is 0.481 e. The highest BCUT2D eigenvalue weighted by atomic mass is 16.4. The van der Waals surface area contributed by atoms with Crippen LogP contribution in [-0.2, 0) is 4.79 Å². The van der Waals surface area contributed by atoms with E-state index in [0.29, 0.717) is 0 Å². The molecule has 78 valence electrons. The van der Waals surface area contributed by atoms with Crippen molar-refractivity contribution in [1.82, 2.24) is 0 Å². The van der Waals surface area contributed by atoms with Crippen molar-refractivity contribution in [2.24, 2.45) is 0 Å². The number of benzene rings is 1. The van der Waals surface area contributed by atoms with Gasteiger partial charge in [-0.2, -0.15) is 0 Å². The molecule has 0 saturated carbocycles. The highest BCUT2D eigenvalue weighted by molar-refractivity contribution is 5.69. The lowest BCUT2D eigenvalue weighted by atomic mass is 10.1. The number of aliphatic carboxylic acids is 1. The Labute approximate surface area is 89.6 Å². The summed E-state index contributed by atoms with van der Waals surface area (Å²) in [7, 11) is 0. The van der Waals surface area contributed by atoms with Crippen molar-refractivity contribution >= 4 is 12.0 Å². The molecule has 1 aromatic carbocycles. The van der Waals surface area contributed by atoms with Gasteiger partial charge in [0.15, 0.2) is 0 Å². The van der Waals surface area contributed by atoms with Crippen LogP contribution in [0.5, 0.6) is 0 Å². The van der Waals surface area contributed by atoms with Crippen molar-refractivity contribution in [2.75, 3.05) is 0 Å². The van der Waals surface area contributed by atoms with Crippen LogP contribution in [0, 0.1) is 0 Å². The molecule has 1 N–H and O–H groups in total. The van der Waals surface area contributed by atoms with Crippen molar-refractivity contribution in [3.05, 3.63) is 53.6 Å². The predicted molar refractivity (Wildman–Crippen MR) is 61.5 cm³/mol. The van der Waals surface area contributed by atoms with Crippen LogP contribution < -0.4 is 0 Å². The van der Waals surface area contributed by atoms with E-state index in [1.165, 1.54) is 0 Å². The van der Waals surface area contributed by atoms with Crippen molar-refractivity contribution in [2.45, 2.75) is 13.3 Å². The Morgan fingerprint density at radius 3 is 2.60 bits per heavy atom. The second-order valence-corrected chi connectivity index (χ2v) is 3.30. The molecule has 0 unspecified atom stereocenters. The number of hydrogen-bond acceptors (Lipinski definition) is 1. The van der Waals surface area contributed by atoms with Crippen molar-refractivity contribution < 1.29 is 9.90 Å². The van der Waals surface area contributed by atoms with E-state index >= 15 is 0 Å². The number of carbonyl (C=O) groups is 1. The molecule has 15 heavy (non-hydrogen) atoms. The number of allylic oxidation sites excluding steroid dienone is 2. The third kappa shape index (κ3) is 4.81. The van der Waals surface area contributed by atoms with E-state index in [4.69, 9.17) is 5.11 Å². The summed E-state index contributed by atoms with van der Waals surface area (Å²) in [4.78, 5) is 10.3. The summed E-state index contributed by atoms with van der Waals surface area (Å²) < 4.78 is 0. The van der Waals surface area contributed by atoms with Crippen LogP contribution in [0.25, 0.3) is 6.08 Å². The molecule has 0 amide bonds. The van der Waals surface area contributed by atoms with E-state index in [2.05, 4.69) is 0 Å². The Kier molecular flexibility index (Phi) is 4.35. The zero-order chi connectivity index (χ0) is 11.1. The minimum atomic E-state index is -0.807. The number of carboxylic acid groups (broad SMARTS) is 1. The van der Waals surface area contributed by atoms with Gasteiger partial charge in [0.1, 0.15) is 0 Å². The minimum Gasteiger partial charge on any atom is -0.481 e. The Morgan fingerprint density at radius 2 is 2.00 bits per heavy atom. The number of rotatable bonds is 4. The van der Waals surface area contributed by atoms with Gasteiger partial charge in [0, 0.05) is 0 Å². The molecular formula is C13H14O2. The lowest BCUT2D eigenvalue weighted by Gasteiger charge is -1.94. The maximum Gasteiger partial charge on any atom is 0.307 e. The molecule has 0 bridgehead atoms. The van der Waals surface area contributed by atoms with Crippen LogP contribution in [0.4, 0.5) is 0 Å². The highest BCUT2D eigenvalue weighted by Gasteiger charge is 1.90. The summed E-state index contributed by atoms with van der Waals surface area (Å²) in [6, 6.07) is 9.93. The van der Waals surface area contributed by atoms with Crippen LogP contribution in [0.2, 0.25) is 0 Å². The molecule has 0 fully saturated rings. The van der Waals surface area contributed by atoms with Gasteiger partial charge in [0.25, 0.3) is 0 Å². The normalized spacial score (nSPS) is 11.9. The first-order chi connectivity index (χ1) is 7.18. The summed E-state index contributed by atoms with van der Waals surface area (Å²) >= 11 is 0. The van der Waals surface area contributed by atoms with E-state index in [0.717, 1.165) is 11.1 Å². The maximum absolute atomic E-state index is 10.3. The lowest BCUT2D eigenvalue weighted by molar-refractivity contribution is -0.135. The molecule has 2 nitrogen and oxygen atoms in total. The average molecular weight is 202 g/mol. The van der Waals surface area contributed by atoms with Gasteiger partial charge in [-0.15, -0.1) is 0 Å². The second-order valence-electron chi connectivity index (χ2n) is 3.30. The van der Waals surface area contributed by atoms with Gasteiger partial charge in [-0.25, -0.2) is 0 Å². The van der Waals surface area contributed by atoms with E-state index in [9.17, 15) is 4.79 Å². The number of hydrogen-bond donors (Lipinski definition) is 1. The van der Waals surface area contributed by atoms with E-state index in [-0.39, 0.29) is 6.42 Å². The molecular weight excluding hydrogens is 188 g/mol. The van der Waals surface area contributed by atoms with Gasteiger partial charge in [0.05, 0.1) is 6.42 Å². The highest BCUT2D eigenvalue weighted by Crippen LogP contribution is 2.07. The molecule has 0 heterocycles. The Bertz CT molecular complexity index is 375. The summed E-state index contributed by atoms with van der Waals surface area (Å²) in [6.07, 6.45) is 5.55. The molecule has 1 aromatic rings. The Morgan fingerprint density at radius 1 is 1.33 bits per heavy atom. The fraction of sp³-hybridized carbons (Fsp3) is 0.154. The first-order valence-corrected chi connectivity index (χ1v) is 4.80. The monoisotopic (exact) mass is 202 g/mol. The molecule has 2 heteroatoms. The van der Waals surface area contributed by atoms with Gasteiger partial charge in [-0.1, -0.05) is 54.1 Å². The van der Waals surface area contributed by atoms with E-state index in [1.54, 1.807) is 6.08 Å². The van der Waals surface area contributed by atoms with E-state index in [1.807, 2.05) is 49.4 Å². The zero-order valence-electron chi connectivity index (χ0n) is 8.68. The van der Waals surface area contributed by atoms with E-state index < -0.39 is 5.97 Å². The van der Waals surface area contributed by atoms with Crippen LogP contribution >= 0.6 is 0 Å². The van der Waals surface area contributed by atoms with Crippen molar-refractivity contribution in [3.63, 3.8) is 0 Å². The fourth-order valence-electron chi connectivity index (χ4n) is 1.21. The molecule has 0 aliphatic carbocycles. The molecule has 0 aliphatic rings. The average Bonchev–Trinajstić information content (AvgIpc) is 2.18. The molecule has 0 radical (unpaired) electrons. The summed E-state index contributed by atoms with van der Waals surface area (Å²) in [5, 5.41) is 8.45. The SMILES string of the molecule is CC(/C=C/CC(=O)O)=C\c1ccccc1. The second kappa shape index (κ2) is 5.81. The van der Waals surface area contributed by atoms with Crippen molar-refractivity contribution in [1.29, 1.82) is 0 Å². The summed E-state index contributed by atoms with van der Waals surface area (Å²) in [5.41, 5.74) is 2.16. The van der Waals surface area contributed by atoms with Crippen molar-refractivity contribution in [3.8, 4) is 0 Å². The molecule has 0 aliphatic heterocycles. The summed E-state index contributed by atoms with van der Waals surface area (Å²) in [5.74, 6) is -0.807. The van der Waals surface area contributed by atoms with Gasteiger partial charge in [-0.3, -0.25) is 4.79 Å².